The molecule has 5 nitrogen and oxygen atoms in total. The highest BCUT2D eigenvalue weighted by Gasteiger charge is 2.31. The van der Waals surface area contributed by atoms with Crippen molar-refractivity contribution in [1.29, 1.82) is 0 Å². The van der Waals surface area contributed by atoms with E-state index in [0.29, 0.717) is 13.0 Å². The van der Waals surface area contributed by atoms with Gasteiger partial charge >= 0.3 is 0 Å². The minimum atomic E-state index is -3.52. The molecular weight excluding hydrogens is 252 g/mol. The van der Waals surface area contributed by atoms with Gasteiger partial charge in [-0.25, -0.2) is 8.42 Å². The highest BCUT2D eigenvalue weighted by atomic mass is 32.2. The number of rotatable bonds is 3. The molecule has 0 aromatic carbocycles. The van der Waals surface area contributed by atoms with Crippen LogP contribution in [-0.4, -0.2) is 42.0 Å². The lowest BCUT2D eigenvalue weighted by Crippen LogP contribution is -2.29. The summed E-state index contributed by atoms with van der Waals surface area (Å²) in [4.78, 5) is 4.21. The van der Waals surface area contributed by atoms with Crippen LogP contribution in [0.2, 0.25) is 0 Å². The maximum absolute atomic E-state index is 12.3. The molecule has 0 bridgehead atoms. The number of nitrogens with zero attached hydrogens (tertiary/aromatic N) is 2. The van der Waals surface area contributed by atoms with E-state index >= 15 is 0 Å². The van der Waals surface area contributed by atoms with Gasteiger partial charge in [0.05, 0.1) is 6.10 Å². The lowest BCUT2D eigenvalue weighted by atomic mass is 10.1. The Morgan fingerprint density at radius 2 is 2.17 bits per heavy atom. The van der Waals surface area contributed by atoms with Crippen molar-refractivity contribution >= 4 is 10.0 Å². The zero-order valence-electron chi connectivity index (χ0n) is 10.6. The predicted molar refractivity (Wildman–Crippen MR) is 67.7 cm³/mol. The third kappa shape index (κ3) is 2.55. The second kappa shape index (κ2) is 4.95. The SMILES string of the molecule is CC(C)c1cncc(S(=O)(=O)N2CC[C@H](O)C2)c1. The van der Waals surface area contributed by atoms with Crippen LogP contribution in [0.25, 0.3) is 0 Å². The maximum atomic E-state index is 12.3. The number of pyridine rings is 1. The summed E-state index contributed by atoms with van der Waals surface area (Å²) in [6, 6.07) is 1.66. The molecule has 1 fully saturated rings. The summed E-state index contributed by atoms with van der Waals surface area (Å²) >= 11 is 0. The molecular formula is C12H18N2O3S. The molecule has 1 aromatic heterocycles. The number of β-amino-alcohol motifs (C(OH)–C–C–N with tert-alkyl or cyclic N) is 1. The van der Waals surface area contributed by atoms with Crippen molar-refractivity contribution in [2.24, 2.45) is 0 Å². The second-order valence-electron chi connectivity index (χ2n) is 4.91. The quantitative estimate of drug-likeness (QED) is 0.888. The van der Waals surface area contributed by atoms with E-state index in [1.807, 2.05) is 13.8 Å². The minimum absolute atomic E-state index is 0.175. The van der Waals surface area contributed by atoms with E-state index in [1.165, 1.54) is 10.5 Å². The van der Waals surface area contributed by atoms with Gasteiger partial charge in [0.2, 0.25) is 10.0 Å². The molecule has 0 amide bonds. The molecule has 18 heavy (non-hydrogen) atoms. The van der Waals surface area contributed by atoms with Gasteiger partial charge < -0.3 is 5.11 Å². The Balaban J connectivity index is 2.32. The van der Waals surface area contributed by atoms with Gasteiger partial charge in [-0.1, -0.05) is 13.8 Å². The number of aromatic nitrogens is 1. The lowest BCUT2D eigenvalue weighted by molar-refractivity contribution is 0.189. The molecule has 1 aliphatic heterocycles. The number of sulfonamides is 1. The smallest absolute Gasteiger partial charge is 0.244 e. The highest BCUT2D eigenvalue weighted by Crippen LogP contribution is 2.23. The number of hydrogen-bond acceptors (Lipinski definition) is 4. The van der Waals surface area contributed by atoms with Crippen molar-refractivity contribution in [3.05, 3.63) is 24.0 Å². The Morgan fingerprint density at radius 3 is 2.72 bits per heavy atom. The molecule has 2 heterocycles. The zero-order chi connectivity index (χ0) is 13.3. The van der Waals surface area contributed by atoms with Gasteiger partial charge in [0.1, 0.15) is 4.90 Å². The minimum Gasteiger partial charge on any atom is -0.392 e. The summed E-state index contributed by atoms with van der Waals surface area (Å²) in [5.41, 5.74) is 0.899. The first kappa shape index (κ1) is 13.5. The van der Waals surface area contributed by atoms with E-state index in [0.717, 1.165) is 5.56 Å². The predicted octanol–water partition coefficient (Wildman–Crippen LogP) is 0.960. The van der Waals surface area contributed by atoms with Gasteiger partial charge in [-0.2, -0.15) is 4.31 Å². The molecule has 6 heteroatoms. The molecule has 1 saturated heterocycles. The molecule has 100 valence electrons. The highest BCUT2D eigenvalue weighted by molar-refractivity contribution is 7.89. The molecule has 0 aliphatic carbocycles. The van der Waals surface area contributed by atoms with Crippen molar-refractivity contribution in [2.45, 2.75) is 37.2 Å². The van der Waals surface area contributed by atoms with Crippen LogP contribution < -0.4 is 0 Å². The average Bonchev–Trinajstić information content (AvgIpc) is 2.77. The van der Waals surface area contributed by atoms with Gasteiger partial charge in [-0.3, -0.25) is 4.98 Å². The van der Waals surface area contributed by atoms with E-state index in [1.54, 1.807) is 12.3 Å². The van der Waals surface area contributed by atoms with E-state index in [2.05, 4.69) is 4.98 Å². The Bertz CT molecular complexity index is 528. The summed E-state index contributed by atoms with van der Waals surface area (Å²) in [6.45, 7) is 4.53. The van der Waals surface area contributed by atoms with Gasteiger partial charge in [-0.05, 0) is 24.0 Å². The molecule has 0 radical (unpaired) electrons. The Kier molecular flexibility index (Phi) is 3.70. The van der Waals surface area contributed by atoms with E-state index in [-0.39, 0.29) is 17.4 Å². The van der Waals surface area contributed by atoms with Crippen molar-refractivity contribution in [2.75, 3.05) is 13.1 Å². The third-order valence-corrected chi connectivity index (χ3v) is 5.00. The molecule has 2 rings (SSSR count). The average molecular weight is 270 g/mol. The van der Waals surface area contributed by atoms with Crippen LogP contribution in [0.15, 0.2) is 23.4 Å². The summed E-state index contributed by atoms with van der Waals surface area (Å²) in [5.74, 6) is 0.233. The Hall–Kier alpha value is -0.980. The summed E-state index contributed by atoms with van der Waals surface area (Å²) < 4.78 is 26.0. The summed E-state index contributed by atoms with van der Waals surface area (Å²) in [7, 11) is -3.52. The van der Waals surface area contributed by atoms with Crippen molar-refractivity contribution in [1.82, 2.24) is 9.29 Å². The molecule has 0 unspecified atom stereocenters. The fourth-order valence-corrected chi connectivity index (χ4v) is 3.46. The number of aliphatic hydroxyl groups is 1. The van der Waals surface area contributed by atoms with Crippen LogP contribution >= 0.6 is 0 Å². The topological polar surface area (TPSA) is 70.5 Å². The Morgan fingerprint density at radius 1 is 1.44 bits per heavy atom. The first-order valence-corrected chi connectivity index (χ1v) is 7.48. The number of hydrogen-bond donors (Lipinski definition) is 1. The summed E-state index contributed by atoms with van der Waals surface area (Å²) in [5, 5.41) is 9.43. The van der Waals surface area contributed by atoms with Crippen LogP contribution in [0.4, 0.5) is 0 Å². The number of aliphatic hydroxyl groups excluding tert-OH is 1. The third-order valence-electron chi connectivity index (χ3n) is 3.16. The molecule has 0 spiro atoms. The van der Waals surface area contributed by atoms with Crippen LogP contribution in [0, 0.1) is 0 Å². The zero-order valence-corrected chi connectivity index (χ0v) is 11.4. The molecule has 0 saturated carbocycles. The van der Waals surface area contributed by atoms with E-state index in [9.17, 15) is 13.5 Å². The van der Waals surface area contributed by atoms with Crippen LogP contribution in [0.5, 0.6) is 0 Å². The summed E-state index contributed by atoms with van der Waals surface area (Å²) in [6.07, 6.45) is 2.99. The fourth-order valence-electron chi connectivity index (χ4n) is 1.97. The van der Waals surface area contributed by atoms with Crippen molar-refractivity contribution < 1.29 is 13.5 Å². The largest absolute Gasteiger partial charge is 0.392 e. The van der Waals surface area contributed by atoms with Crippen molar-refractivity contribution in [3.63, 3.8) is 0 Å². The van der Waals surface area contributed by atoms with Crippen LogP contribution in [0.1, 0.15) is 31.7 Å². The standard InChI is InChI=1S/C12H18N2O3S/c1-9(2)10-5-12(7-13-6-10)18(16,17)14-4-3-11(15)8-14/h5-7,9,11,15H,3-4,8H2,1-2H3/t11-/m0/s1. The lowest BCUT2D eigenvalue weighted by Gasteiger charge is -2.16. The van der Waals surface area contributed by atoms with Gasteiger partial charge in [-0.15, -0.1) is 0 Å². The Labute approximate surface area is 108 Å². The fraction of sp³-hybridized carbons (Fsp3) is 0.583. The maximum Gasteiger partial charge on any atom is 0.244 e. The monoisotopic (exact) mass is 270 g/mol. The van der Waals surface area contributed by atoms with Gasteiger partial charge in [0, 0.05) is 25.5 Å². The van der Waals surface area contributed by atoms with Crippen LogP contribution in [-0.2, 0) is 10.0 Å². The van der Waals surface area contributed by atoms with Gasteiger partial charge in [0.25, 0.3) is 0 Å². The van der Waals surface area contributed by atoms with Crippen molar-refractivity contribution in [3.8, 4) is 0 Å². The normalized spacial score (nSPS) is 21.7. The molecule has 1 aliphatic rings. The second-order valence-corrected chi connectivity index (χ2v) is 6.85. The molecule has 1 aromatic rings. The van der Waals surface area contributed by atoms with Gasteiger partial charge in [0.15, 0.2) is 0 Å². The molecule has 1 N–H and O–H groups in total. The first-order valence-electron chi connectivity index (χ1n) is 6.04. The first-order chi connectivity index (χ1) is 8.41. The van der Waals surface area contributed by atoms with E-state index < -0.39 is 16.1 Å². The van der Waals surface area contributed by atoms with Crippen LogP contribution in [0.3, 0.4) is 0 Å². The molecule has 1 atom stereocenters. The van der Waals surface area contributed by atoms with E-state index in [4.69, 9.17) is 0 Å².